The quantitative estimate of drug-likeness (QED) is 0.318. The van der Waals surface area contributed by atoms with Gasteiger partial charge in [-0.3, -0.25) is 15.0 Å². The Bertz CT molecular complexity index is 1330. The molecular weight excluding hydrogens is 537 g/mol. The fraction of sp³-hybridized carbons (Fsp3) is 0.375. The Hall–Kier alpha value is -3.61. The number of nitrogen functional groups attached to an aromatic ring is 1. The van der Waals surface area contributed by atoms with E-state index >= 15 is 4.39 Å². The van der Waals surface area contributed by atoms with E-state index < -0.39 is 75.0 Å². The van der Waals surface area contributed by atoms with Crippen molar-refractivity contribution in [1.29, 1.82) is 0 Å². The van der Waals surface area contributed by atoms with E-state index in [2.05, 4.69) is 15.6 Å². The first-order valence-corrected chi connectivity index (χ1v) is 11.5. The van der Waals surface area contributed by atoms with Gasteiger partial charge in [0.1, 0.15) is 17.1 Å². The number of alkyl halides is 3. The number of nitrogens with two attached hydrogens (primary N) is 1. The van der Waals surface area contributed by atoms with Crippen LogP contribution >= 0.6 is 11.6 Å². The van der Waals surface area contributed by atoms with Crippen LogP contribution in [0.2, 0.25) is 5.02 Å². The first-order valence-electron chi connectivity index (χ1n) is 11.1. The number of carbonyl (C=O) groups is 2. The molecule has 206 valence electrons. The van der Waals surface area contributed by atoms with Gasteiger partial charge in [0.15, 0.2) is 5.82 Å². The van der Waals surface area contributed by atoms with Crippen molar-refractivity contribution in [2.75, 3.05) is 18.1 Å². The zero-order chi connectivity index (χ0) is 28.8. The third kappa shape index (κ3) is 5.93. The fourth-order valence-electron chi connectivity index (χ4n) is 3.75. The van der Waals surface area contributed by atoms with Crippen molar-refractivity contribution >= 4 is 46.6 Å². The molecule has 4 N–H and O–H groups in total. The number of nitrogens with zero attached hydrogens (tertiary/aromatic N) is 2. The molecule has 1 aliphatic rings. The summed E-state index contributed by atoms with van der Waals surface area (Å²) in [4.78, 5) is 30.3. The van der Waals surface area contributed by atoms with Gasteiger partial charge in [-0.1, -0.05) is 17.7 Å². The maximum Gasteiger partial charge on any atom is 0.419 e. The molecule has 0 saturated carbocycles. The zero-order valence-corrected chi connectivity index (χ0v) is 21.7. The fourth-order valence-corrected chi connectivity index (χ4v) is 4.02. The third-order valence-electron chi connectivity index (χ3n) is 5.54. The summed E-state index contributed by atoms with van der Waals surface area (Å²) in [6, 6.07) is 3.77. The van der Waals surface area contributed by atoms with Crippen LogP contribution < -0.4 is 16.4 Å². The van der Waals surface area contributed by atoms with Crippen LogP contribution in [0.4, 0.5) is 43.8 Å². The minimum Gasteiger partial charge on any atom is -0.444 e. The molecule has 1 heterocycles. The van der Waals surface area contributed by atoms with E-state index in [-0.39, 0.29) is 11.5 Å². The van der Waals surface area contributed by atoms with E-state index in [1.165, 1.54) is 14.0 Å². The molecule has 0 radical (unpaired) electrons. The monoisotopic (exact) mass is 561 g/mol. The van der Waals surface area contributed by atoms with E-state index in [4.69, 9.17) is 22.1 Å². The second-order valence-corrected chi connectivity index (χ2v) is 10.2. The first-order chi connectivity index (χ1) is 17.3. The summed E-state index contributed by atoms with van der Waals surface area (Å²) in [5, 5.41) is 3.69. The van der Waals surface area contributed by atoms with E-state index in [0.29, 0.717) is 0 Å². The molecular formula is C24H25ClF5N5O3. The molecule has 0 aromatic heterocycles. The van der Waals surface area contributed by atoms with Crippen molar-refractivity contribution in [3.8, 4) is 0 Å². The molecule has 14 heteroatoms. The number of guanidine groups is 1. The van der Waals surface area contributed by atoms with Crippen LogP contribution in [0.25, 0.3) is 0 Å². The molecule has 0 spiro atoms. The Morgan fingerprint density at radius 1 is 1.16 bits per heavy atom. The number of halogens is 6. The Labute approximate surface area is 220 Å². The highest BCUT2D eigenvalue weighted by Crippen LogP contribution is 2.45. The first kappa shape index (κ1) is 29.0. The molecule has 2 aromatic rings. The van der Waals surface area contributed by atoms with E-state index in [1.807, 2.05) is 0 Å². The normalized spacial score (nSPS) is 18.2. The molecule has 2 amide bonds. The minimum absolute atomic E-state index is 0.269. The number of rotatable bonds is 3. The topological polar surface area (TPSA) is 109 Å². The van der Waals surface area contributed by atoms with Crippen molar-refractivity contribution in [2.24, 2.45) is 4.99 Å². The molecule has 0 bridgehead atoms. The van der Waals surface area contributed by atoms with Gasteiger partial charge in [-0.25, -0.2) is 18.6 Å². The number of nitrogens with one attached hydrogen (secondary N) is 2. The average Bonchev–Trinajstić information content (AvgIpc) is 2.74. The predicted molar refractivity (Wildman–Crippen MR) is 132 cm³/mol. The average molecular weight is 562 g/mol. The Morgan fingerprint density at radius 3 is 2.37 bits per heavy atom. The lowest BCUT2D eigenvalue weighted by atomic mass is 9.86. The highest BCUT2D eigenvalue weighted by atomic mass is 35.5. The van der Waals surface area contributed by atoms with Crippen LogP contribution in [0.15, 0.2) is 29.3 Å². The Morgan fingerprint density at radius 2 is 1.79 bits per heavy atom. The summed E-state index contributed by atoms with van der Waals surface area (Å²) in [5.74, 6) is -3.41. The molecule has 8 nitrogen and oxygen atoms in total. The number of hydrogen-bond acceptors (Lipinski definition) is 6. The van der Waals surface area contributed by atoms with Crippen molar-refractivity contribution in [3.05, 3.63) is 52.0 Å². The summed E-state index contributed by atoms with van der Waals surface area (Å²) in [6.45, 7) is 6.21. The van der Waals surface area contributed by atoms with Crippen LogP contribution in [-0.4, -0.2) is 35.5 Å². The van der Waals surface area contributed by atoms with E-state index in [0.717, 1.165) is 29.2 Å². The molecule has 1 atom stereocenters. The molecule has 3 rings (SSSR count). The molecule has 38 heavy (non-hydrogen) atoms. The van der Waals surface area contributed by atoms with Gasteiger partial charge in [0.2, 0.25) is 11.9 Å². The Balaban J connectivity index is 2.11. The predicted octanol–water partition coefficient (Wildman–Crippen LogP) is 5.92. The van der Waals surface area contributed by atoms with Gasteiger partial charge in [-0.15, -0.1) is 0 Å². The maximum atomic E-state index is 15.8. The van der Waals surface area contributed by atoms with Gasteiger partial charge in [-0.05, 0) is 45.9 Å². The van der Waals surface area contributed by atoms with Crippen LogP contribution in [0.1, 0.15) is 45.2 Å². The maximum absolute atomic E-state index is 15.8. The van der Waals surface area contributed by atoms with E-state index in [1.54, 1.807) is 20.8 Å². The van der Waals surface area contributed by atoms with Gasteiger partial charge in [0.25, 0.3) is 0 Å². The largest absolute Gasteiger partial charge is 0.444 e. The SMILES string of the molecule is CN1C(=O)C[C@@](C)(c2ccc(F)c(Nc3c(N)ccc(Cl)c3C(F)(F)F)c2F)N=C1NC(=O)OC(C)(C)C. The second kappa shape index (κ2) is 9.93. The van der Waals surface area contributed by atoms with Gasteiger partial charge in [0, 0.05) is 12.6 Å². The standard InChI is InChI=1S/C24H25ClF5N5O3/c1-22(2,3)38-21(37)33-20-34-23(4,10-15(36)35(20)5)11-6-8-13(26)18(17(11)27)32-19-14(31)9-7-12(25)16(19)24(28,29)30/h6-9,32H,10,31H2,1-5H3,(H,33,34,37)/t23-/m0/s1. The van der Waals surface area contributed by atoms with Gasteiger partial charge in [0.05, 0.1) is 33.9 Å². The highest BCUT2D eigenvalue weighted by molar-refractivity contribution is 6.32. The lowest BCUT2D eigenvalue weighted by Gasteiger charge is -2.35. The second-order valence-electron chi connectivity index (χ2n) is 9.76. The van der Waals surface area contributed by atoms with Crippen molar-refractivity contribution in [2.45, 2.75) is 51.4 Å². The van der Waals surface area contributed by atoms with Crippen LogP contribution in [0.3, 0.4) is 0 Å². The number of benzene rings is 2. The van der Waals surface area contributed by atoms with Crippen molar-refractivity contribution in [1.82, 2.24) is 10.2 Å². The lowest BCUT2D eigenvalue weighted by Crippen LogP contribution is -2.52. The van der Waals surface area contributed by atoms with Crippen molar-refractivity contribution < 1.29 is 36.3 Å². The molecule has 0 aliphatic carbocycles. The molecule has 1 aliphatic heterocycles. The van der Waals surface area contributed by atoms with Gasteiger partial charge >= 0.3 is 12.3 Å². The number of alkyl carbamates (subject to hydrolysis) is 1. The molecule has 0 fully saturated rings. The zero-order valence-electron chi connectivity index (χ0n) is 21.0. The Kier molecular flexibility index (Phi) is 7.57. The van der Waals surface area contributed by atoms with Gasteiger partial charge in [-0.2, -0.15) is 13.2 Å². The van der Waals surface area contributed by atoms with Crippen LogP contribution in [0.5, 0.6) is 0 Å². The number of ether oxygens (including phenoxy) is 1. The molecule has 0 saturated heterocycles. The molecule has 0 unspecified atom stereocenters. The molecule has 2 aromatic carbocycles. The van der Waals surface area contributed by atoms with Crippen molar-refractivity contribution in [3.63, 3.8) is 0 Å². The lowest BCUT2D eigenvalue weighted by molar-refractivity contribution is -0.136. The summed E-state index contributed by atoms with van der Waals surface area (Å²) in [5.41, 5.74) is -0.883. The van der Waals surface area contributed by atoms with Crippen LogP contribution in [0, 0.1) is 11.6 Å². The van der Waals surface area contributed by atoms with E-state index in [9.17, 15) is 27.2 Å². The van der Waals surface area contributed by atoms with Crippen LogP contribution in [-0.2, 0) is 21.2 Å². The number of anilines is 3. The summed E-state index contributed by atoms with van der Waals surface area (Å²) in [6.07, 6.45) is -6.34. The number of aliphatic imine (C=N–C) groups is 1. The smallest absolute Gasteiger partial charge is 0.419 e. The van der Waals surface area contributed by atoms with Gasteiger partial charge < -0.3 is 15.8 Å². The third-order valence-corrected chi connectivity index (χ3v) is 5.86. The highest BCUT2D eigenvalue weighted by Gasteiger charge is 2.41. The number of amides is 2. The number of carbonyl (C=O) groups excluding carboxylic acids is 2. The number of hydrogen-bond donors (Lipinski definition) is 3. The summed E-state index contributed by atoms with van der Waals surface area (Å²) < 4.78 is 76.8. The summed E-state index contributed by atoms with van der Waals surface area (Å²) in [7, 11) is 1.33. The summed E-state index contributed by atoms with van der Waals surface area (Å²) >= 11 is 5.73. The minimum atomic E-state index is -5.00.